The smallest absolute Gasteiger partial charge is 0.411 e. The Balaban J connectivity index is 2.04. The van der Waals surface area contributed by atoms with Gasteiger partial charge in [-0.25, -0.2) is 9.59 Å². The minimum absolute atomic E-state index is 0.169. The predicted molar refractivity (Wildman–Crippen MR) is 130 cm³/mol. The molecular formula is C25H31F3N4O4. The normalized spacial score (nSPS) is 18.4. The van der Waals surface area contributed by atoms with Crippen molar-refractivity contribution in [2.24, 2.45) is 0 Å². The third kappa shape index (κ3) is 7.50. The van der Waals surface area contributed by atoms with Crippen LogP contribution < -0.4 is 16.0 Å². The number of fused-ring (bicyclic) bond motifs is 4. The molecule has 36 heavy (non-hydrogen) atoms. The average Bonchev–Trinajstić information content (AvgIpc) is 2.77. The van der Waals surface area contributed by atoms with E-state index >= 15 is 0 Å². The van der Waals surface area contributed by atoms with Crippen molar-refractivity contribution in [2.45, 2.75) is 70.3 Å². The SMILES string of the molecule is COC(=O)Nc1ccc2c(c1)N[C@H](C(F)(F)F)CCCCC(NC(=O)OC(C)(C)C)c1cc-2ccn1. The summed E-state index contributed by atoms with van der Waals surface area (Å²) in [4.78, 5) is 28.5. The highest BCUT2D eigenvalue weighted by Crippen LogP contribution is 2.36. The number of nitrogens with zero attached hydrogens (tertiary/aromatic N) is 1. The van der Waals surface area contributed by atoms with Gasteiger partial charge in [0, 0.05) is 23.1 Å². The van der Waals surface area contributed by atoms with Gasteiger partial charge in [-0.2, -0.15) is 13.2 Å². The third-order valence-corrected chi connectivity index (χ3v) is 5.55. The van der Waals surface area contributed by atoms with Gasteiger partial charge in [-0.1, -0.05) is 18.9 Å². The monoisotopic (exact) mass is 508 g/mol. The van der Waals surface area contributed by atoms with Crippen LogP contribution in [0.2, 0.25) is 0 Å². The third-order valence-electron chi connectivity index (χ3n) is 5.55. The maximum atomic E-state index is 13.9. The van der Waals surface area contributed by atoms with Crippen molar-refractivity contribution in [1.82, 2.24) is 10.3 Å². The van der Waals surface area contributed by atoms with Gasteiger partial charge in [0.2, 0.25) is 0 Å². The van der Waals surface area contributed by atoms with Crippen LogP contribution in [-0.2, 0) is 9.47 Å². The molecule has 1 aromatic carbocycles. The van der Waals surface area contributed by atoms with Crippen molar-refractivity contribution in [1.29, 1.82) is 0 Å². The number of carbonyl (C=O) groups is 2. The number of alkyl carbamates (subject to hydrolysis) is 1. The molecule has 196 valence electrons. The zero-order valence-electron chi connectivity index (χ0n) is 20.7. The van der Waals surface area contributed by atoms with Gasteiger partial charge in [-0.15, -0.1) is 0 Å². The number of hydrogen-bond acceptors (Lipinski definition) is 6. The van der Waals surface area contributed by atoms with Crippen molar-refractivity contribution in [3.63, 3.8) is 0 Å². The van der Waals surface area contributed by atoms with Gasteiger partial charge >= 0.3 is 18.4 Å². The molecular weight excluding hydrogens is 477 g/mol. The standard InChI is InChI=1S/C25H31F3N4O4/c1-24(2,3)36-23(34)32-18-7-5-6-8-21(25(26,27)28)31-19-14-16(30-22(33)35-4)9-10-17(19)15-11-12-29-20(18)13-15/h9-14,18,21,31H,5-8H2,1-4H3,(H,30,33)(H,32,34)/t18?,21-/m0/s1. The first kappa shape index (κ1) is 27.1. The van der Waals surface area contributed by atoms with Crippen molar-refractivity contribution < 1.29 is 32.2 Å². The molecule has 0 fully saturated rings. The van der Waals surface area contributed by atoms with E-state index in [2.05, 4.69) is 25.7 Å². The second-order valence-electron chi connectivity index (χ2n) is 9.57. The first-order chi connectivity index (χ1) is 16.9. The number of alkyl halides is 3. The molecule has 0 radical (unpaired) electrons. The highest BCUT2D eigenvalue weighted by Gasteiger charge is 2.39. The molecule has 1 unspecified atom stereocenters. The number of aromatic nitrogens is 1. The van der Waals surface area contributed by atoms with Crippen LogP contribution in [0.15, 0.2) is 36.5 Å². The first-order valence-corrected chi connectivity index (χ1v) is 11.6. The van der Waals surface area contributed by atoms with E-state index in [1.807, 2.05) is 0 Å². The second-order valence-corrected chi connectivity index (χ2v) is 9.57. The van der Waals surface area contributed by atoms with Gasteiger partial charge in [0.1, 0.15) is 11.6 Å². The molecule has 3 rings (SSSR count). The molecule has 0 aliphatic carbocycles. The summed E-state index contributed by atoms with van der Waals surface area (Å²) in [7, 11) is 1.20. The molecule has 0 spiro atoms. The van der Waals surface area contributed by atoms with Gasteiger partial charge in [0.25, 0.3) is 0 Å². The molecule has 11 heteroatoms. The highest BCUT2D eigenvalue weighted by molar-refractivity contribution is 5.88. The van der Waals surface area contributed by atoms with Crippen molar-refractivity contribution in [2.75, 3.05) is 17.7 Å². The number of anilines is 2. The van der Waals surface area contributed by atoms with Crippen LogP contribution in [0.1, 0.15) is 58.2 Å². The molecule has 0 saturated carbocycles. The fourth-order valence-corrected chi connectivity index (χ4v) is 3.91. The predicted octanol–water partition coefficient (Wildman–Crippen LogP) is 6.41. The van der Waals surface area contributed by atoms with Gasteiger partial charge < -0.3 is 20.1 Å². The summed E-state index contributed by atoms with van der Waals surface area (Å²) in [5.74, 6) is 0. The second kappa shape index (κ2) is 11.0. The van der Waals surface area contributed by atoms with Crippen molar-refractivity contribution in [3.05, 3.63) is 42.2 Å². The molecule has 2 atom stereocenters. The highest BCUT2D eigenvalue weighted by atomic mass is 19.4. The fourth-order valence-electron chi connectivity index (χ4n) is 3.91. The molecule has 1 aliphatic heterocycles. The molecule has 3 N–H and O–H groups in total. The summed E-state index contributed by atoms with van der Waals surface area (Å²) in [6.45, 7) is 5.24. The maximum absolute atomic E-state index is 13.9. The van der Waals surface area contributed by atoms with E-state index in [9.17, 15) is 22.8 Å². The molecule has 2 aromatic rings. The van der Waals surface area contributed by atoms with Gasteiger partial charge in [0.15, 0.2) is 0 Å². The summed E-state index contributed by atoms with van der Waals surface area (Å²) in [6.07, 6.45) is -3.39. The minimum Gasteiger partial charge on any atom is -0.453 e. The zero-order chi connectivity index (χ0) is 26.5. The number of pyridine rings is 1. The van der Waals surface area contributed by atoms with E-state index in [1.54, 1.807) is 51.2 Å². The molecule has 2 amide bonds. The van der Waals surface area contributed by atoms with E-state index in [0.29, 0.717) is 29.7 Å². The number of hydrogen-bond donors (Lipinski definition) is 3. The maximum Gasteiger partial charge on any atom is 0.411 e. The molecule has 8 nitrogen and oxygen atoms in total. The molecule has 0 saturated heterocycles. The lowest BCUT2D eigenvalue weighted by Gasteiger charge is -2.27. The summed E-state index contributed by atoms with van der Waals surface area (Å²) < 4.78 is 51.7. The summed E-state index contributed by atoms with van der Waals surface area (Å²) in [6, 6.07) is 5.69. The largest absolute Gasteiger partial charge is 0.453 e. The lowest BCUT2D eigenvalue weighted by Crippen LogP contribution is -2.37. The molecule has 1 aromatic heterocycles. The van der Waals surface area contributed by atoms with E-state index < -0.39 is 36.0 Å². The van der Waals surface area contributed by atoms with E-state index in [-0.39, 0.29) is 24.2 Å². The lowest BCUT2D eigenvalue weighted by molar-refractivity contribution is -0.144. The first-order valence-electron chi connectivity index (χ1n) is 11.6. The lowest BCUT2D eigenvalue weighted by atomic mass is 9.96. The number of nitrogens with one attached hydrogen (secondary N) is 3. The van der Waals surface area contributed by atoms with Crippen molar-refractivity contribution >= 4 is 23.6 Å². The number of methoxy groups -OCH3 is 1. The van der Waals surface area contributed by atoms with Gasteiger partial charge in [-0.3, -0.25) is 10.3 Å². The van der Waals surface area contributed by atoms with Gasteiger partial charge in [-0.05, 0) is 63.4 Å². The van der Waals surface area contributed by atoms with Crippen LogP contribution in [0, 0.1) is 0 Å². The van der Waals surface area contributed by atoms with Crippen molar-refractivity contribution in [3.8, 4) is 11.1 Å². The van der Waals surface area contributed by atoms with Crippen LogP contribution in [-0.4, -0.2) is 42.1 Å². The fraction of sp³-hybridized carbons (Fsp3) is 0.480. The number of benzene rings is 1. The quantitative estimate of drug-likeness (QED) is 0.433. The van der Waals surface area contributed by atoms with Crippen LogP contribution in [0.4, 0.5) is 34.1 Å². The number of ether oxygens (including phenoxy) is 2. The van der Waals surface area contributed by atoms with Crippen LogP contribution >= 0.6 is 0 Å². The molecule has 2 bridgehead atoms. The number of rotatable bonds is 2. The van der Waals surface area contributed by atoms with E-state index in [0.717, 1.165) is 0 Å². The Labute approximate surface area is 208 Å². The Morgan fingerprint density at radius 2 is 1.78 bits per heavy atom. The molecule has 1 aliphatic rings. The number of carbonyl (C=O) groups excluding carboxylic acids is 2. The minimum atomic E-state index is -4.50. The number of amides is 2. The van der Waals surface area contributed by atoms with Crippen LogP contribution in [0.25, 0.3) is 11.1 Å². The molecule has 2 heterocycles. The Hall–Kier alpha value is -3.50. The van der Waals surface area contributed by atoms with Gasteiger partial charge in [0.05, 0.1) is 18.8 Å². The average molecular weight is 509 g/mol. The van der Waals surface area contributed by atoms with E-state index in [4.69, 9.17) is 4.74 Å². The Morgan fingerprint density at radius 3 is 2.44 bits per heavy atom. The topological polar surface area (TPSA) is 102 Å². The Kier molecular flexibility index (Phi) is 8.31. The number of halogens is 3. The Bertz CT molecular complexity index is 1090. The zero-order valence-corrected chi connectivity index (χ0v) is 20.7. The van der Waals surface area contributed by atoms with E-state index in [1.165, 1.54) is 13.2 Å². The Morgan fingerprint density at radius 1 is 1.06 bits per heavy atom. The van der Waals surface area contributed by atoms with Crippen LogP contribution in [0.5, 0.6) is 0 Å². The summed E-state index contributed by atoms with van der Waals surface area (Å²) >= 11 is 0. The summed E-state index contributed by atoms with van der Waals surface area (Å²) in [5.41, 5.74) is 1.42. The summed E-state index contributed by atoms with van der Waals surface area (Å²) in [5, 5.41) is 7.93. The van der Waals surface area contributed by atoms with Crippen LogP contribution in [0.3, 0.4) is 0 Å².